The van der Waals surface area contributed by atoms with Crippen molar-refractivity contribution in [3.05, 3.63) is 140 Å². The van der Waals surface area contributed by atoms with E-state index in [2.05, 4.69) is 141 Å². The van der Waals surface area contributed by atoms with Crippen molar-refractivity contribution >= 4 is 31.9 Å². The standard InChI is InChI=1S/C28H24Br2O/c29-25-15-11-21(12-16-25)19-27(23-7-3-1-4-8-23)31-28(24-9-5-2-6-10-24)20-22-13-17-26(30)18-14-22/h1-18,27-28H,19-20H2. The Balaban J connectivity index is 1.64. The number of ether oxygens (including phenoxy) is 1. The normalized spacial score (nSPS) is 13.0. The molecule has 0 aliphatic heterocycles. The third-order valence-electron chi connectivity index (χ3n) is 5.34. The maximum Gasteiger partial charge on any atom is 0.0873 e. The summed E-state index contributed by atoms with van der Waals surface area (Å²) >= 11 is 7.07. The van der Waals surface area contributed by atoms with E-state index in [1.807, 2.05) is 0 Å². The molecule has 156 valence electrons. The minimum absolute atomic E-state index is 0.0389. The van der Waals surface area contributed by atoms with Crippen molar-refractivity contribution in [1.82, 2.24) is 0 Å². The Labute approximate surface area is 201 Å². The first-order chi connectivity index (χ1) is 15.2. The van der Waals surface area contributed by atoms with Gasteiger partial charge in [0.2, 0.25) is 0 Å². The average Bonchev–Trinajstić information content (AvgIpc) is 2.82. The number of hydrogen-bond acceptors (Lipinski definition) is 1. The van der Waals surface area contributed by atoms with E-state index in [9.17, 15) is 0 Å². The molecular formula is C28H24Br2O. The van der Waals surface area contributed by atoms with Gasteiger partial charge in [-0.3, -0.25) is 0 Å². The fraction of sp³-hybridized carbons (Fsp3) is 0.143. The van der Waals surface area contributed by atoms with Crippen molar-refractivity contribution in [3.8, 4) is 0 Å². The van der Waals surface area contributed by atoms with Gasteiger partial charge in [0.1, 0.15) is 0 Å². The van der Waals surface area contributed by atoms with E-state index in [4.69, 9.17) is 4.74 Å². The number of halogens is 2. The van der Waals surface area contributed by atoms with Crippen LogP contribution >= 0.6 is 31.9 Å². The van der Waals surface area contributed by atoms with Crippen LogP contribution in [-0.4, -0.2) is 0 Å². The molecule has 1 nitrogen and oxygen atoms in total. The van der Waals surface area contributed by atoms with Crippen molar-refractivity contribution < 1.29 is 4.74 Å². The van der Waals surface area contributed by atoms with Crippen molar-refractivity contribution in [3.63, 3.8) is 0 Å². The highest BCUT2D eigenvalue weighted by Gasteiger charge is 2.21. The van der Waals surface area contributed by atoms with E-state index in [0.29, 0.717) is 0 Å². The first-order valence-corrected chi connectivity index (χ1v) is 12.0. The van der Waals surface area contributed by atoms with E-state index >= 15 is 0 Å². The van der Waals surface area contributed by atoms with Gasteiger partial charge in [0, 0.05) is 21.8 Å². The van der Waals surface area contributed by atoms with Crippen LogP contribution in [0.2, 0.25) is 0 Å². The molecule has 4 rings (SSSR count). The minimum atomic E-state index is -0.0389. The molecule has 0 aliphatic carbocycles. The topological polar surface area (TPSA) is 9.23 Å². The lowest BCUT2D eigenvalue weighted by Crippen LogP contribution is -2.15. The Bertz CT molecular complexity index is 973. The van der Waals surface area contributed by atoms with E-state index in [1.54, 1.807) is 0 Å². The number of rotatable bonds is 8. The molecule has 4 aromatic carbocycles. The summed E-state index contributed by atoms with van der Waals surface area (Å²) in [5.74, 6) is 0. The molecule has 4 aromatic rings. The van der Waals surface area contributed by atoms with Crippen LogP contribution in [0.3, 0.4) is 0 Å². The lowest BCUT2D eigenvalue weighted by molar-refractivity contribution is -0.0149. The first kappa shape index (κ1) is 22.0. The second kappa shape index (κ2) is 10.9. The van der Waals surface area contributed by atoms with Gasteiger partial charge in [-0.2, -0.15) is 0 Å². The van der Waals surface area contributed by atoms with Gasteiger partial charge in [0.15, 0.2) is 0 Å². The molecule has 0 saturated heterocycles. The van der Waals surface area contributed by atoms with Gasteiger partial charge in [-0.25, -0.2) is 0 Å². The molecule has 3 heteroatoms. The third-order valence-corrected chi connectivity index (χ3v) is 6.40. The summed E-state index contributed by atoms with van der Waals surface area (Å²) in [5.41, 5.74) is 4.91. The number of benzene rings is 4. The fourth-order valence-electron chi connectivity index (χ4n) is 3.69. The fourth-order valence-corrected chi connectivity index (χ4v) is 4.22. The molecule has 0 amide bonds. The Morgan fingerprint density at radius 3 is 1.19 bits per heavy atom. The summed E-state index contributed by atoms with van der Waals surface area (Å²) in [6.07, 6.45) is 1.56. The van der Waals surface area contributed by atoms with Crippen LogP contribution in [0.5, 0.6) is 0 Å². The zero-order chi connectivity index (χ0) is 21.5. The molecule has 0 aliphatic rings. The Morgan fingerprint density at radius 1 is 0.484 bits per heavy atom. The lowest BCUT2D eigenvalue weighted by atomic mass is 9.98. The van der Waals surface area contributed by atoms with Crippen LogP contribution in [0.15, 0.2) is 118 Å². The van der Waals surface area contributed by atoms with Crippen LogP contribution in [0, 0.1) is 0 Å². The molecule has 2 unspecified atom stereocenters. The van der Waals surface area contributed by atoms with Crippen LogP contribution in [-0.2, 0) is 17.6 Å². The molecule has 0 heterocycles. The molecule has 31 heavy (non-hydrogen) atoms. The van der Waals surface area contributed by atoms with Gasteiger partial charge in [-0.05, 0) is 46.5 Å². The van der Waals surface area contributed by atoms with Gasteiger partial charge >= 0.3 is 0 Å². The maximum absolute atomic E-state index is 6.87. The highest BCUT2D eigenvalue weighted by Crippen LogP contribution is 2.32. The summed E-state index contributed by atoms with van der Waals surface area (Å²) in [6.45, 7) is 0. The molecule has 0 N–H and O–H groups in total. The Kier molecular flexibility index (Phi) is 7.74. The predicted octanol–water partition coefficient (Wildman–Crippen LogP) is 8.50. The van der Waals surface area contributed by atoms with Gasteiger partial charge in [0.25, 0.3) is 0 Å². The number of hydrogen-bond donors (Lipinski definition) is 0. The van der Waals surface area contributed by atoms with Crippen LogP contribution in [0.1, 0.15) is 34.5 Å². The van der Waals surface area contributed by atoms with Gasteiger partial charge in [0.05, 0.1) is 12.2 Å². The van der Waals surface area contributed by atoms with Crippen LogP contribution in [0.4, 0.5) is 0 Å². The van der Waals surface area contributed by atoms with E-state index < -0.39 is 0 Å². The zero-order valence-electron chi connectivity index (χ0n) is 17.1. The average molecular weight is 536 g/mol. The second-order valence-electron chi connectivity index (χ2n) is 7.60. The predicted molar refractivity (Wildman–Crippen MR) is 135 cm³/mol. The largest absolute Gasteiger partial charge is 0.365 e. The van der Waals surface area contributed by atoms with Crippen LogP contribution < -0.4 is 0 Å². The Morgan fingerprint density at radius 2 is 0.839 bits per heavy atom. The SMILES string of the molecule is Brc1ccc(CC(OC(Cc2ccc(Br)cc2)c2ccccc2)c2ccccc2)cc1. The van der Waals surface area contributed by atoms with Crippen molar-refractivity contribution in [2.45, 2.75) is 25.0 Å². The molecule has 0 saturated carbocycles. The maximum atomic E-state index is 6.87. The van der Waals surface area contributed by atoms with Gasteiger partial charge < -0.3 is 4.74 Å². The smallest absolute Gasteiger partial charge is 0.0873 e. The molecular weight excluding hydrogens is 512 g/mol. The molecule has 0 radical (unpaired) electrons. The van der Waals surface area contributed by atoms with Crippen molar-refractivity contribution in [2.75, 3.05) is 0 Å². The zero-order valence-corrected chi connectivity index (χ0v) is 20.3. The summed E-state index contributed by atoms with van der Waals surface area (Å²) in [5, 5.41) is 0. The minimum Gasteiger partial charge on any atom is -0.365 e. The van der Waals surface area contributed by atoms with Crippen molar-refractivity contribution in [1.29, 1.82) is 0 Å². The molecule has 0 bridgehead atoms. The second-order valence-corrected chi connectivity index (χ2v) is 9.43. The first-order valence-electron chi connectivity index (χ1n) is 10.4. The molecule has 2 atom stereocenters. The van der Waals surface area contributed by atoms with Gasteiger partial charge in [-0.1, -0.05) is 117 Å². The quantitative estimate of drug-likeness (QED) is 0.220. The highest BCUT2D eigenvalue weighted by molar-refractivity contribution is 9.10. The van der Waals surface area contributed by atoms with E-state index in [1.165, 1.54) is 22.3 Å². The van der Waals surface area contributed by atoms with E-state index in [-0.39, 0.29) is 12.2 Å². The van der Waals surface area contributed by atoms with Gasteiger partial charge in [-0.15, -0.1) is 0 Å². The molecule has 0 aromatic heterocycles. The third kappa shape index (κ3) is 6.39. The Hall–Kier alpha value is -2.20. The summed E-state index contributed by atoms with van der Waals surface area (Å²) < 4.78 is 9.05. The highest BCUT2D eigenvalue weighted by atomic mass is 79.9. The van der Waals surface area contributed by atoms with Crippen LogP contribution in [0.25, 0.3) is 0 Å². The van der Waals surface area contributed by atoms with E-state index in [0.717, 1.165) is 21.8 Å². The van der Waals surface area contributed by atoms with Crippen molar-refractivity contribution in [2.24, 2.45) is 0 Å². The monoisotopic (exact) mass is 534 g/mol. The lowest BCUT2D eigenvalue weighted by Gasteiger charge is -2.26. The molecule has 0 fully saturated rings. The summed E-state index contributed by atoms with van der Waals surface area (Å²) in [6, 6.07) is 38.1. The summed E-state index contributed by atoms with van der Waals surface area (Å²) in [7, 11) is 0. The molecule has 0 spiro atoms. The summed E-state index contributed by atoms with van der Waals surface area (Å²) in [4.78, 5) is 0.